The zero-order valence-corrected chi connectivity index (χ0v) is 28.0. The van der Waals surface area contributed by atoms with Gasteiger partial charge in [-0.2, -0.15) is 0 Å². The average molecular weight is 618 g/mol. The van der Waals surface area contributed by atoms with Crippen LogP contribution in [0.5, 0.6) is 11.5 Å². The summed E-state index contributed by atoms with van der Waals surface area (Å²) >= 11 is 0. The van der Waals surface area contributed by atoms with Crippen LogP contribution in [0.25, 0.3) is 0 Å². The van der Waals surface area contributed by atoms with E-state index in [1.807, 2.05) is 20.8 Å². The van der Waals surface area contributed by atoms with E-state index in [0.29, 0.717) is 0 Å². The third kappa shape index (κ3) is 5.68. The van der Waals surface area contributed by atoms with E-state index in [9.17, 15) is 4.21 Å². The number of fused-ring (bicyclic) bond motifs is 2. The molecule has 0 spiro atoms. The lowest BCUT2D eigenvalue weighted by molar-refractivity contribution is 0.413. The van der Waals surface area contributed by atoms with E-state index in [1.54, 1.807) is 0 Å². The first kappa shape index (κ1) is 30.5. The summed E-state index contributed by atoms with van der Waals surface area (Å²) in [6.07, 6.45) is 0. The Balaban J connectivity index is 1.56. The van der Waals surface area contributed by atoms with E-state index < -0.39 is 23.7 Å². The van der Waals surface area contributed by atoms with E-state index >= 15 is 0 Å². The molecule has 0 saturated heterocycles. The molecule has 1 heterocycles. The molecule has 3 nitrogen and oxygen atoms in total. The Bertz CT molecular complexity index is 1770. The van der Waals surface area contributed by atoms with Crippen molar-refractivity contribution in [2.45, 2.75) is 57.7 Å². The van der Waals surface area contributed by atoms with Crippen LogP contribution in [-0.4, -0.2) is 8.96 Å². The topological polar surface area (TPSA) is 38.3 Å². The number of benzene rings is 5. The molecule has 224 valence electrons. The smallest absolute Gasteiger partial charge is 0.139 e. The van der Waals surface area contributed by atoms with Crippen molar-refractivity contribution in [3.8, 4) is 11.5 Å². The predicted octanol–water partition coefficient (Wildman–Crippen LogP) is 8.33. The third-order valence-electron chi connectivity index (χ3n) is 8.45. The monoisotopic (exact) mass is 617 g/mol. The molecule has 2 atom stereocenters. The number of ether oxygens (including phenoxy) is 1. The second-order valence-electron chi connectivity index (χ2n) is 12.9. The average Bonchev–Trinajstić information content (AvgIpc) is 3.01. The van der Waals surface area contributed by atoms with Gasteiger partial charge in [-0.1, -0.05) is 135 Å². The second-order valence-corrected chi connectivity index (χ2v) is 17.1. The van der Waals surface area contributed by atoms with Gasteiger partial charge >= 0.3 is 0 Å². The molecular weight excluding hydrogens is 577 g/mol. The molecule has 1 aliphatic rings. The van der Waals surface area contributed by atoms with Crippen molar-refractivity contribution in [2.75, 3.05) is 0 Å². The molecule has 0 aliphatic carbocycles. The largest absolute Gasteiger partial charge is 0.456 e. The molecule has 44 heavy (non-hydrogen) atoms. The maximum atomic E-state index is 13.6. The first-order valence-corrected chi connectivity index (χ1v) is 17.6. The summed E-state index contributed by atoms with van der Waals surface area (Å²) in [7, 11) is -2.19. The number of rotatable bonds is 7. The Labute approximate surface area is 266 Å². The molecule has 0 fully saturated rings. The van der Waals surface area contributed by atoms with Crippen molar-refractivity contribution in [1.82, 2.24) is 4.72 Å². The van der Waals surface area contributed by atoms with E-state index in [0.717, 1.165) is 33.8 Å². The summed E-state index contributed by atoms with van der Waals surface area (Å²) in [5.74, 6) is 1.77. The van der Waals surface area contributed by atoms with Gasteiger partial charge in [-0.05, 0) is 57.4 Å². The van der Waals surface area contributed by atoms with Crippen LogP contribution in [0.15, 0.2) is 121 Å². The van der Waals surface area contributed by atoms with Gasteiger partial charge in [0.2, 0.25) is 0 Å². The molecule has 0 amide bonds. The van der Waals surface area contributed by atoms with Gasteiger partial charge in [0.05, 0.1) is 21.8 Å². The molecule has 5 heteroatoms. The molecule has 0 bridgehead atoms. The minimum absolute atomic E-state index is 0.317. The Kier molecular flexibility index (Phi) is 8.37. The number of hydrogen-bond donors (Lipinski definition) is 1. The van der Waals surface area contributed by atoms with Crippen molar-refractivity contribution < 1.29 is 8.95 Å². The Morgan fingerprint density at radius 3 is 1.80 bits per heavy atom. The number of aryl methyl sites for hydroxylation is 1. The predicted molar refractivity (Wildman–Crippen MR) is 188 cm³/mol. The fraction of sp³-hybridized carbons (Fsp3) is 0.231. The fourth-order valence-electron chi connectivity index (χ4n) is 6.01. The summed E-state index contributed by atoms with van der Waals surface area (Å²) in [6.45, 7) is 12.7. The summed E-state index contributed by atoms with van der Waals surface area (Å²) in [5, 5.41) is 3.76. The van der Waals surface area contributed by atoms with Crippen LogP contribution < -0.4 is 25.4 Å². The first-order valence-electron chi connectivity index (χ1n) is 15.2. The fourth-order valence-corrected chi connectivity index (χ4v) is 9.23. The lowest BCUT2D eigenvalue weighted by Gasteiger charge is -2.38. The molecule has 1 N–H and O–H groups in total. The van der Waals surface area contributed by atoms with Gasteiger partial charge in [-0.3, -0.25) is 0 Å². The highest BCUT2D eigenvalue weighted by Gasteiger charge is 2.39. The van der Waals surface area contributed by atoms with Gasteiger partial charge in [-0.25, -0.2) is 8.93 Å². The van der Waals surface area contributed by atoms with Crippen LogP contribution in [0.1, 0.15) is 68.5 Å². The molecule has 6 rings (SSSR count). The quantitative estimate of drug-likeness (QED) is 0.187. The standard InChI is InChI=1S/C39H40NO2PS/c1-27-17-13-14-22-30(27)35(40-44(41)38(2,3)4)31-23-15-24-32-36(31)42-37-33(39(32,5)6)25-16-26-34(37)43(28-18-9-7-10-19-28)29-20-11-8-12-21-29/h7-26,35,40H,1-6H3/t35-,44-/m1/s1. The summed E-state index contributed by atoms with van der Waals surface area (Å²) in [5.41, 5.74) is 5.22. The summed E-state index contributed by atoms with van der Waals surface area (Å²) in [6, 6.07) is 42.6. The second kappa shape index (κ2) is 12.1. The van der Waals surface area contributed by atoms with Crippen LogP contribution in [0.3, 0.4) is 0 Å². The minimum Gasteiger partial charge on any atom is -0.456 e. The molecular formula is C39H40NO2PS. The maximum absolute atomic E-state index is 13.6. The van der Waals surface area contributed by atoms with Crippen LogP contribution in [0.2, 0.25) is 0 Å². The van der Waals surface area contributed by atoms with E-state index in [1.165, 1.54) is 21.5 Å². The highest BCUT2D eigenvalue weighted by molar-refractivity contribution is 7.84. The van der Waals surface area contributed by atoms with Crippen molar-refractivity contribution in [3.05, 3.63) is 149 Å². The highest BCUT2D eigenvalue weighted by Crippen LogP contribution is 2.52. The highest BCUT2D eigenvalue weighted by atomic mass is 32.2. The van der Waals surface area contributed by atoms with Crippen molar-refractivity contribution in [2.24, 2.45) is 0 Å². The lowest BCUT2D eigenvalue weighted by atomic mass is 9.74. The zero-order valence-electron chi connectivity index (χ0n) is 26.3. The van der Waals surface area contributed by atoms with Crippen LogP contribution in [0.4, 0.5) is 0 Å². The minimum atomic E-state index is -1.31. The van der Waals surface area contributed by atoms with Gasteiger partial charge in [0.15, 0.2) is 0 Å². The SMILES string of the molecule is Cc1ccccc1[C@@H](N[S@](=O)C(C)(C)C)c1cccc2c1Oc1c(P(c3ccccc3)c3ccccc3)cccc1C2(C)C. The summed E-state index contributed by atoms with van der Waals surface area (Å²) < 4.78 is 23.9. The number of hydrogen-bond acceptors (Lipinski definition) is 2. The maximum Gasteiger partial charge on any atom is 0.139 e. The van der Waals surface area contributed by atoms with Crippen molar-refractivity contribution in [1.29, 1.82) is 0 Å². The molecule has 1 aliphatic heterocycles. The molecule has 0 unspecified atom stereocenters. The molecule has 0 saturated carbocycles. The molecule has 0 radical (unpaired) electrons. The molecule has 5 aromatic rings. The van der Waals surface area contributed by atoms with E-state index in [-0.39, 0.29) is 11.5 Å². The normalized spacial score (nSPS) is 15.2. The Hall–Kier alpha value is -3.56. The first-order chi connectivity index (χ1) is 21.1. The number of para-hydroxylation sites is 2. The van der Waals surface area contributed by atoms with E-state index in [2.05, 4.69) is 147 Å². The molecule has 5 aromatic carbocycles. The summed E-state index contributed by atoms with van der Waals surface area (Å²) in [4.78, 5) is 0. The van der Waals surface area contributed by atoms with Gasteiger partial charge in [0.1, 0.15) is 11.5 Å². The van der Waals surface area contributed by atoms with E-state index in [4.69, 9.17) is 4.74 Å². The van der Waals surface area contributed by atoms with Crippen LogP contribution in [-0.2, 0) is 16.4 Å². The Morgan fingerprint density at radius 1 is 0.682 bits per heavy atom. The lowest BCUT2D eigenvalue weighted by Crippen LogP contribution is -2.37. The third-order valence-corrected chi connectivity index (χ3v) is 12.5. The van der Waals surface area contributed by atoms with Gasteiger partial charge in [0.25, 0.3) is 0 Å². The zero-order chi connectivity index (χ0) is 31.1. The molecule has 0 aromatic heterocycles. The van der Waals surface area contributed by atoms with Crippen LogP contribution in [0, 0.1) is 6.92 Å². The van der Waals surface area contributed by atoms with Crippen molar-refractivity contribution >= 4 is 34.8 Å². The Morgan fingerprint density at radius 2 is 1.20 bits per heavy atom. The van der Waals surface area contributed by atoms with Gasteiger partial charge in [0, 0.05) is 27.4 Å². The van der Waals surface area contributed by atoms with Crippen LogP contribution >= 0.6 is 7.92 Å². The van der Waals surface area contributed by atoms with Gasteiger partial charge < -0.3 is 4.74 Å². The van der Waals surface area contributed by atoms with Gasteiger partial charge in [-0.15, -0.1) is 0 Å². The number of nitrogens with one attached hydrogen (secondary N) is 1. The van der Waals surface area contributed by atoms with Crippen molar-refractivity contribution in [3.63, 3.8) is 0 Å².